The van der Waals surface area contributed by atoms with E-state index in [1.165, 1.54) is 6.42 Å². The molecule has 1 unspecified atom stereocenters. The highest BCUT2D eigenvalue weighted by Crippen LogP contribution is 2.58. The third kappa shape index (κ3) is 0.411. The fourth-order valence-electron chi connectivity index (χ4n) is 2.75. The van der Waals surface area contributed by atoms with Gasteiger partial charge >= 0.3 is 0 Å². The van der Waals surface area contributed by atoms with Crippen molar-refractivity contribution < 1.29 is 4.74 Å². The molecule has 2 saturated carbocycles. The maximum Gasteiger partial charge on any atom is 0.0885 e. The lowest BCUT2D eigenvalue weighted by Gasteiger charge is -2.09. The van der Waals surface area contributed by atoms with Gasteiger partial charge in [-0.3, -0.25) is 0 Å². The van der Waals surface area contributed by atoms with Crippen molar-refractivity contribution in [3.63, 3.8) is 0 Å². The van der Waals surface area contributed by atoms with Crippen LogP contribution in [0.2, 0.25) is 0 Å². The van der Waals surface area contributed by atoms with Crippen LogP contribution in [-0.4, -0.2) is 12.2 Å². The van der Waals surface area contributed by atoms with E-state index in [2.05, 4.69) is 6.07 Å². The second-order valence-corrected chi connectivity index (χ2v) is 3.70. The summed E-state index contributed by atoms with van der Waals surface area (Å²) >= 11 is 0. The smallest absolute Gasteiger partial charge is 0.0885 e. The van der Waals surface area contributed by atoms with Gasteiger partial charge in [-0.25, -0.2) is 0 Å². The molecule has 1 aliphatic heterocycles. The lowest BCUT2D eigenvalue weighted by Crippen LogP contribution is -2.15. The van der Waals surface area contributed by atoms with Gasteiger partial charge in [0.15, 0.2) is 0 Å². The summed E-state index contributed by atoms with van der Waals surface area (Å²) < 4.78 is 5.42. The third-order valence-electron chi connectivity index (χ3n) is 3.26. The molecule has 0 spiro atoms. The highest BCUT2D eigenvalue weighted by molar-refractivity contribution is 5.14. The van der Waals surface area contributed by atoms with Crippen LogP contribution in [0.5, 0.6) is 0 Å². The minimum Gasteiger partial charge on any atom is -0.369 e. The third-order valence-corrected chi connectivity index (χ3v) is 3.26. The molecule has 2 heteroatoms. The quantitative estimate of drug-likeness (QED) is 0.463. The molecule has 52 valence electrons. The van der Waals surface area contributed by atoms with Crippen molar-refractivity contribution in [2.75, 3.05) is 0 Å². The predicted octanol–water partition coefficient (Wildman–Crippen LogP) is 0.933. The molecule has 3 rings (SSSR count). The molecule has 2 nitrogen and oxygen atoms in total. The Labute approximate surface area is 59.8 Å². The Morgan fingerprint density at radius 1 is 1.30 bits per heavy atom. The van der Waals surface area contributed by atoms with Gasteiger partial charge in [-0.1, -0.05) is 0 Å². The van der Waals surface area contributed by atoms with E-state index < -0.39 is 0 Å². The van der Waals surface area contributed by atoms with Crippen molar-refractivity contribution in [1.82, 2.24) is 0 Å². The number of hydrogen-bond acceptors (Lipinski definition) is 2. The van der Waals surface area contributed by atoms with Crippen LogP contribution in [0, 0.1) is 29.1 Å². The lowest BCUT2D eigenvalue weighted by molar-refractivity contribution is 0.259. The number of rotatable bonds is 0. The summed E-state index contributed by atoms with van der Waals surface area (Å²) in [7, 11) is 0. The summed E-state index contributed by atoms with van der Waals surface area (Å²) in [5, 5.41) is 8.72. The van der Waals surface area contributed by atoms with Gasteiger partial charge in [0, 0.05) is 5.92 Å². The Balaban J connectivity index is 1.93. The summed E-state index contributed by atoms with van der Waals surface area (Å²) in [6, 6.07) is 2.37. The number of ether oxygens (including phenoxy) is 1. The van der Waals surface area contributed by atoms with Gasteiger partial charge in [0.2, 0.25) is 0 Å². The summed E-state index contributed by atoms with van der Waals surface area (Å²) in [5.41, 5.74) is 0. The van der Waals surface area contributed by atoms with Crippen LogP contribution in [0.1, 0.15) is 12.8 Å². The maximum absolute atomic E-state index is 8.72. The molecule has 0 aromatic heterocycles. The number of epoxide rings is 1. The molecule has 5 atom stereocenters. The Bertz CT molecular complexity index is 220. The maximum atomic E-state index is 8.72. The molecular weight excluding hydrogens is 126 g/mol. The molecule has 0 aromatic rings. The normalized spacial score (nSPS) is 61.7. The van der Waals surface area contributed by atoms with Crippen molar-refractivity contribution in [2.24, 2.45) is 17.8 Å². The van der Waals surface area contributed by atoms with E-state index in [4.69, 9.17) is 10.00 Å². The van der Waals surface area contributed by atoms with Crippen LogP contribution in [0.15, 0.2) is 0 Å². The van der Waals surface area contributed by atoms with E-state index in [9.17, 15) is 0 Å². The van der Waals surface area contributed by atoms with Crippen LogP contribution in [0.25, 0.3) is 0 Å². The molecule has 10 heavy (non-hydrogen) atoms. The zero-order valence-corrected chi connectivity index (χ0v) is 5.66. The van der Waals surface area contributed by atoms with Crippen molar-refractivity contribution in [1.29, 1.82) is 5.26 Å². The minimum atomic E-state index is 0.328. The number of nitrogens with zero attached hydrogens (tertiary/aromatic N) is 1. The molecule has 1 saturated heterocycles. The predicted molar refractivity (Wildman–Crippen MR) is 34.0 cm³/mol. The highest BCUT2D eigenvalue weighted by atomic mass is 16.6. The first kappa shape index (κ1) is 5.15. The first-order chi connectivity index (χ1) is 4.90. The number of nitriles is 1. The first-order valence-electron chi connectivity index (χ1n) is 3.95. The van der Waals surface area contributed by atoms with Crippen molar-refractivity contribution in [2.45, 2.75) is 25.0 Å². The molecule has 1 heterocycles. The van der Waals surface area contributed by atoms with Gasteiger partial charge in [0.1, 0.15) is 0 Å². The van der Waals surface area contributed by atoms with Crippen LogP contribution in [0.3, 0.4) is 0 Å². The SMILES string of the molecule is N#CC1C[C@@H]2C[C@H]1[C@H]1O[C@@H]21. The van der Waals surface area contributed by atoms with Gasteiger partial charge in [0.05, 0.1) is 24.2 Å². The van der Waals surface area contributed by atoms with Crippen LogP contribution >= 0.6 is 0 Å². The van der Waals surface area contributed by atoms with Gasteiger partial charge in [-0.05, 0) is 18.8 Å². The average molecular weight is 135 g/mol. The van der Waals surface area contributed by atoms with Crippen LogP contribution in [0.4, 0.5) is 0 Å². The fourth-order valence-corrected chi connectivity index (χ4v) is 2.75. The molecule has 0 aromatic carbocycles. The molecular formula is C8H9NO. The summed E-state index contributed by atoms with van der Waals surface area (Å²) in [6.07, 6.45) is 3.47. The topological polar surface area (TPSA) is 36.3 Å². The van der Waals surface area contributed by atoms with E-state index >= 15 is 0 Å². The molecule has 3 fully saturated rings. The molecule has 0 amide bonds. The first-order valence-corrected chi connectivity index (χ1v) is 3.95. The van der Waals surface area contributed by atoms with Gasteiger partial charge in [-0.2, -0.15) is 5.26 Å². The average Bonchev–Trinajstić information content (AvgIpc) is 2.58. The van der Waals surface area contributed by atoms with Crippen molar-refractivity contribution >= 4 is 0 Å². The van der Waals surface area contributed by atoms with Crippen molar-refractivity contribution in [3.05, 3.63) is 0 Å². The number of fused-ring (bicyclic) bond motifs is 5. The summed E-state index contributed by atoms with van der Waals surface area (Å²) in [6.45, 7) is 0. The second kappa shape index (κ2) is 1.38. The Morgan fingerprint density at radius 2 is 2.20 bits per heavy atom. The van der Waals surface area contributed by atoms with Gasteiger partial charge < -0.3 is 4.74 Å². The second-order valence-electron chi connectivity index (χ2n) is 3.70. The molecule has 2 aliphatic carbocycles. The van der Waals surface area contributed by atoms with Gasteiger partial charge in [0.25, 0.3) is 0 Å². The molecule has 0 radical (unpaired) electrons. The van der Waals surface area contributed by atoms with Crippen LogP contribution < -0.4 is 0 Å². The Morgan fingerprint density at radius 3 is 2.80 bits per heavy atom. The van der Waals surface area contributed by atoms with E-state index in [0.29, 0.717) is 24.0 Å². The summed E-state index contributed by atoms with van der Waals surface area (Å²) in [5.74, 6) is 1.69. The largest absolute Gasteiger partial charge is 0.369 e. The summed E-state index contributed by atoms with van der Waals surface area (Å²) in [4.78, 5) is 0. The van der Waals surface area contributed by atoms with Crippen LogP contribution in [-0.2, 0) is 4.74 Å². The number of hydrogen-bond donors (Lipinski definition) is 0. The lowest BCUT2D eigenvalue weighted by atomic mass is 9.90. The minimum absolute atomic E-state index is 0.328. The molecule has 2 bridgehead atoms. The van der Waals surface area contributed by atoms with Crippen molar-refractivity contribution in [3.8, 4) is 6.07 Å². The molecule has 3 aliphatic rings. The zero-order chi connectivity index (χ0) is 6.72. The fraction of sp³-hybridized carbons (Fsp3) is 0.875. The Hall–Kier alpha value is -0.550. The van der Waals surface area contributed by atoms with Gasteiger partial charge in [-0.15, -0.1) is 0 Å². The van der Waals surface area contributed by atoms with E-state index in [-0.39, 0.29) is 0 Å². The monoisotopic (exact) mass is 135 g/mol. The zero-order valence-electron chi connectivity index (χ0n) is 5.66. The van der Waals surface area contributed by atoms with E-state index in [1.807, 2.05) is 0 Å². The Kier molecular flexibility index (Phi) is 0.709. The van der Waals surface area contributed by atoms with E-state index in [1.54, 1.807) is 0 Å². The standard InChI is InChI=1S/C8H9NO/c9-3-5-1-4-2-6(5)8-7(4)10-8/h4-8H,1-2H2/t4-,5?,6-,7+,8-/m1/s1. The van der Waals surface area contributed by atoms with E-state index in [0.717, 1.165) is 12.3 Å². The highest BCUT2D eigenvalue weighted by Gasteiger charge is 2.63. The molecule has 0 N–H and O–H groups in total.